The maximum atomic E-state index is 13.1. The minimum absolute atomic E-state index is 0.0464. The summed E-state index contributed by atoms with van der Waals surface area (Å²) in [4.78, 5) is 20.6. The molecule has 0 aliphatic carbocycles. The summed E-state index contributed by atoms with van der Waals surface area (Å²) in [5.41, 5.74) is 1.92. The Balaban J connectivity index is 2.18. The molecule has 25 heavy (non-hydrogen) atoms. The minimum Gasteiger partial charge on any atom is -0.407 e. The van der Waals surface area contributed by atoms with Gasteiger partial charge in [0.2, 0.25) is 0 Å². The molecule has 0 fully saturated rings. The number of hydrogen-bond donors (Lipinski definition) is 1. The van der Waals surface area contributed by atoms with Crippen LogP contribution < -0.4 is 15.3 Å². The van der Waals surface area contributed by atoms with Crippen LogP contribution in [0.5, 0.6) is 0 Å². The molecule has 0 bridgehead atoms. The van der Waals surface area contributed by atoms with Gasteiger partial charge in [-0.1, -0.05) is 36.4 Å². The van der Waals surface area contributed by atoms with E-state index < -0.39 is 6.10 Å². The topological polar surface area (TPSA) is 54.7 Å². The Hall–Kier alpha value is -2.79. The second-order valence-electron chi connectivity index (χ2n) is 5.91. The molecule has 5 heteroatoms. The minimum atomic E-state index is -0.661. The Morgan fingerprint density at radius 2 is 1.80 bits per heavy atom. The van der Waals surface area contributed by atoms with E-state index in [0.29, 0.717) is 17.7 Å². The number of pyridine rings is 1. The summed E-state index contributed by atoms with van der Waals surface area (Å²) in [6.07, 6.45) is -0.661. The van der Waals surface area contributed by atoms with Gasteiger partial charge >= 0.3 is 5.56 Å². The number of para-hydroxylation sites is 2. The fourth-order valence-electron chi connectivity index (χ4n) is 2.82. The molecular formula is C20H22N2O3. The van der Waals surface area contributed by atoms with Crippen LogP contribution in [-0.4, -0.2) is 29.1 Å². The quantitative estimate of drug-likeness (QED) is 0.751. The Morgan fingerprint density at radius 3 is 2.48 bits per heavy atom. The zero-order chi connectivity index (χ0) is 17.8. The molecule has 1 atom stereocenters. The molecule has 2 aromatic carbocycles. The van der Waals surface area contributed by atoms with Crippen molar-refractivity contribution in [3.05, 3.63) is 71.0 Å². The summed E-state index contributed by atoms with van der Waals surface area (Å²) in [5.74, 6) is 0. The Labute approximate surface area is 146 Å². The molecule has 1 N–H and O–H groups in total. The molecule has 0 saturated heterocycles. The molecule has 1 unspecified atom stereocenters. The smallest absolute Gasteiger partial charge is 0.307 e. The van der Waals surface area contributed by atoms with E-state index in [-0.39, 0.29) is 12.2 Å². The standard InChI is InChI=1S/C20H22N2O3/c1-3-21(17-10-5-4-6-11-17)19-13-16-9-7-8-12-18(16)22(20(19)24)25-14-15(2)23/h4-13,15,23H,3,14H2,1-2H3. The molecule has 5 nitrogen and oxygen atoms in total. The first-order valence-electron chi connectivity index (χ1n) is 8.40. The number of aliphatic hydroxyl groups is 1. The highest BCUT2D eigenvalue weighted by atomic mass is 16.7. The Bertz CT molecular complexity index is 904. The van der Waals surface area contributed by atoms with Gasteiger partial charge in [-0.3, -0.25) is 4.79 Å². The lowest BCUT2D eigenvalue weighted by Gasteiger charge is -2.24. The summed E-state index contributed by atoms with van der Waals surface area (Å²) in [6.45, 7) is 4.32. The first-order chi connectivity index (χ1) is 12.1. The van der Waals surface area contributed by atoms with E-state index in [0.717, 1.165) is 11.1 Å². The maximum Gasteiger partial charge on any atom is 0.307 e. The molecule has 130 valence electrons. The molecule has 0 spiro atoms. The zero-order valence-electron chi connectivity index (χ0n) is 14.4. The number of rotatable bonds is 6. The second-order valence-corrected chi connectivity index (χ2v) is 5.91. The molecule has 0 aliphatic heterocycles. The zero-order valence-corrected chi connectivity index (χ0v) is 14.4. The van der Waals surface area contributed by atoms with Crippen molar-refractivity contribution in [2.24, 2.45) is 0 Å². The van der Waals surface area contributed by atoms with E-state index in [1.807, 2.05) is 72.5 Å². The third-order valence-corrected chi connectivity index (χ3v) is 3.97. The number of aliphatic hydroxyl groups excluding tert-OH is 1. The van der Waals surface area contributed by atoms with Gasteiger partial charge in [0.15, 0.2) is 0 Å². The predicted molar refractivity (Wildman–Crippen MR) is 100 cm³/mol. The van der Waals surface area contributed by atoms with Gasteiger partial charge in [-0.2, -0.15) is 0 Å². The van der Waals surface area contributed by atoms with Gasteiger partial charge in [0, 0.05) is 17.6 Å². The Morgan fingerprint density at radius 1 is 1.12 bits per heavy atom. The SMILES string of the molecule is CCN(c1ccccc1)c1cc2ccccc2n(OCC(C)O)c1=O. The monoisotopic (exact) mass is 338 g/mol. The van der Waals surface area contributed by atoms with E-state index in [2.05, 4.69) is 0 Å². The van der Waals surface area contributed by atoms with Crippen LogP contribution >= 0.6 is 0 Å². The highest BCUT2D eigenvalue weighted by Crippen LogP contribution is 2.24. The maximum absolute atomic E-state index is 13.1. The van der Waals surface area contributed by atoms with Crippen molar-refractivity contribution in [2.45, 2.75) is 20.0 Å². The highest BCUT2D eigenvalue weighted by Gasteiger charge is 2.16. The molecule has 0 radical (unpaired) electrons. The van der Waals surface area contributed by atoms with E-state index in [4.69, 9.17) is 4.84 Å². The average Bonchev–Trinajstić information content (AvgIpc) is 2.63. The van der Waals surface area contributed by atoms with Crippen molar-refractivity contribution < 1.29 is 9.94 Å². The summed E-state index contributed by atoms with van der Waals surface area (Å²) in [5, 5.41) is 10.4. The largest absolute Gasteiger partial charge is 0.407 e. The summed E-state index contributed by atoms with van der Waals surface area (Å²) < 4.78 is 1.28. The van der Waals surface area contributed by atoms with Gasteiger partial charge in [-0.15, -0.1) is 4.73 Å². The third kappa shape index (κ3) is 3.51. The molecule has 0 saturated carbocycles. The lowest BCUT2D eigenvalue weighted by molar-refractivity contribution is 0.0364. The van der Waals surface area contributed by atoms with E-state index >= 15 is 0 Å². The van der Waals surface area contributed by atoms with Gasteiger partial charge in [0.1, 0.15) is 12.3 Å². The van der Waals surface area contributed by atoms with E-state index in [1.165, 1.54) is 4.73 Å². The summed E-state index contributed by atoms with van der Waals surface area (Å²) in [7, 11) is 0. The fraction of sp³-hybridized carbons (Fsp3) is 0.250. The predicted octanol–water partition coefficient (Wildman–Crippen LogP) is 2.97. The van der Waals surface area contributed by atoms with Crippen LogP contribution in [0.15, 0.2) is 65.5 Å². The number of nitrogens with zero attached hydrogens (tertiary/aromatic N) is 2. The van der Waals surface area contributed by atoms with Crippen LogP contribution in [0, 0.1) is 0 Å². The van der Waals surface area contributed by atoms with Gasteiger partial charge in [0.05, 0.1) is 11.6 Å². The number of fused-ring (bicyclic) bond motifs is 1. The van der Waals surface area contributed by atoms with Gasteiger partial charge in [-0.05, 0) is 38.1 Å². The fourth-order valence-corrected chi connectivity index (χ4v) is 2.82. The molecule has 3 rings (SSSR count). The van der Waals surface area contributed by atoms with Crippen LogP contribution in [-0.2, 0) is 0 Å². The van der Waals surface area contributed by atoms with Crippen LogP contribution in [0.3, 0.4) is 0 Å². The van der Waals surface area contributed by atoms with Gasteiger partial charge in [0.25, 0.3) is 0 Å². The van der Waals surface area contributed by atoms with Crippen molar-refractivity contribution in [3.63, 3.8) is 0 Å². The van der Waals surface area contributed by atoms with Crippen molar-refractivity contribution in [2.75, 3.05) is 18.1 Å². The van der Waals surface area contributed by atoms with Crippen LogP contribution in [0.25, 0.3) is 10.9 Å². The molecule has 3 aromatic rings. The summed E-state index contributed by atoms with van der Waals surface area (Å²) >= 11 is 0. The molecule has 0 aliphatic rings. The molecule has 1 aromatic heterocycles. The number of anilines is 2. The van der Waals surface area contributed by atoms with Crippen molar-refractivity contribution in [1.29, 1.82) is 0 Å². The van der Waals surface area contributed by atoms with Crippen molar-refractivity contribution >= 4 is 22.3 Å². The number of hydrogen-bond acceptors (Lipinski definition) is 4. The van der Waals surface area contributed by atoms with E-state index in [1.54, 1.807) is 6.92 Å². The highest BCUT2D eigenvalue weighted by molar-refractivity contribution is 5.83. The number of benzene rings is 2. The first-order valence-corrected chi connectivity index (χ1v) is 8.40. The molecule has 1 heterocycles. The van der Waals surface area contributed by atoms with Crippen LogP contribution in [0.2, 0.25) is 0 Å². The summed E-state index contributed by atoms with van der Waals surface area (Å²) in [6, 6.07) is 19.2. The average molecular weight is 338 g/mol. The first kappa shape index (κ1) is 17.0. The third-order valence-electron chi connectivity index (χ3n) is 3.97. The Kier molecular flexibility index (Phi) is 5.05. The van der Waals surface area contributed by atoms with Crippen molar-refractivity contribution in [3.8, 4) is 0 Å². The second kappa shape index (κ2) is 7.40. The number of aromatic nitrogens is 1. The van der Waals surface area contributed by atoms with Gasteiger partial charge in [-0.25, -0.2) is 0 Å². The van der Waals surface area contributed by atoms with Crippen LogP contribution in [0.1, 0.15) is 13.8 Å². The lowest BCUT2D eigenvalue weighted by atomic mass is 10.2. The normalized spacial score (nSPS) is 12.1. The van der Waals surface area contributed by atoms with Crippen molar-refractivity contribution in [1.82, 2.24) is 4.73 Å². The lowest BCUT2D eigenvalue weighted by Crippen LogP contribution is -2.35. The van der Waals surface area contributed by atoms with E-state index in [9.17, 15) is 9.90 Å². The molecular weight excluding hydrogens is 316 g/mol. The molecule has 0 amide bonds. The van der Waals surface area contributed by atoms with Crippen LogP contribution in [0.4, 0.5) is 11.4 Å². The van der Waals surface area contributed by atoms with Gasteiger partial charge < -0.3 is 14.8 Å².